The number of rotatable bonds is 10. The van der Waals surface area contributed by atoms with Gasteiger partial charge in [0.2, 0.25) is 11.8 Å². The van der Waals surface area contributed by atoms with Crippen LogP contribution >= 0.6 is 0 Å². The molecule has 0 bridgehead atoms. The van der Waals surface area contributed by atoms with E-state index in [0.29, 0.717) is 30.8 Å². The third-order valence-electron chi connectivity index (χ3n) is 4.57. The molecule has 0 heterocycles. The summed E-state index contributed by atoms with van der Waals surface area (Å²) in [7, 11) is 0. The van der Waals surface area contributed by atoms with Crippen molar-refractivity contribution >= 4 is 34.8 Å². The Labute approximate surface area is 177 Å². The van der Waals surface area contributed by atoms with Gasteiger partial charge >= 0.3 is 0 Å². The molecule has 0 aliphatic heterocycles. The third kappa shape index (κ3) is 6.92. The first-order valence-corrected chi connectivity index (χ1v) is 10.3. The van der Waals surface area contributed by atoms with Crippen LogP contribution in [0, 0.1) is 0 Å². The fourth-order valence-electron chi connectivity index (χ4n) is 2.90. The fraction of sp³-hybridized carbons (Fsp3) is 0.348. The molecule has 0 spiro atoms. The Morgan fingerprint density at radius 2 is 1.23 bits per heavy atom. The van der Waals surface area contributed by atoms with E-state index in [1.54, 1.807) is 41.3 Å². The number of nitrogens with zero attached hydrogens (tertiary/aromatic N) is 1. The summed E-state index contributed by atoms with van der Waals surface area (Å²) in [6.07, 6.45) is 1.29. The van der Waals surface area contributed by atoms with Gasteiger partial charge in [-0.2, -0.15) is 0 Å². The van der Waals surface area contributed by atoms with E-state index in [0.717, 1.165) is 17.8 Å². The van der Waals surface area contributed by atoms with Crippen molar-refractivity contribution in [3.05, 3.63) is 54.1 Å². The van der Waals surface area contributed by atoms with Gasteiger partial charge in [0, 0.05) is 42.1 Å². The van der Waals surface area contributed by atoms with Gasteiger partial charge < -0.3 is 20.9 Å². The quantitative estimate of drug-likeness (QED) is 0.553. The van der Waals surface area contributed by atoms with Crippen LogP contribution in [-0.2, 0) is 9.59 Å². The molecule has 2 rings (SSSR count). The SMILES string of the molecule is CCCC(=O)Nc1ccc(NCC(=O)Nc2ccc(C(=O)N(CC)CC)cc2)cc1. The number of carbonyl (C=O) groups excluding carboxylic acids is 3. The van der Waals surface area contributed by atoms with E-state index >= 15 is 0 Å². The molecule has 0 atom stereocenters. The third-order valence-corrected chi connectivity index (χ3v) is 4.57. The molecule has 0 fully saturated rings. The molecule has 2 aromatic carbocycles. The average molecular weight is 411 g/mol. The zero-order chi connectivity index (χ0) is 21.9. The summed E-state index contributed by atoms with van der Waals surface area (Å²) >= 11 is 0. The smallest absolute Gasteiger partial charge is 0.253 e. The molecule has 0 aliphatic rings. The van der Waals surface area contributed by atoms with Gasteiger partial charge in [0.15, 0.2) is 0 Å². The number of hydrogen-bond acceptors (Lipinski definition) is 4. The topological polar surface area (TPSA) is 90.5 Å². The fourth-order valence-corrected chi connectivity index (χ4v) is 2.90. The standard InChI is InChI=1S/C23H30N4O3/c1-4-7-21(28)25-20-14-12-18(13-15-20)24-16-22(29)26-19-10-8-17(9-11-19)23(30)27(5-2)6-3/h8-15,24H,4-7,16H2,1-3H3,(H,25,28)(H,26,29). The second-order valence-corrected chi connectivity index (χ2v) is 6.83. The summed E-state index contributed by atoms with van der Waals surface area (Å²) < 4.78 is 0. The summed E-state index contributed by atoms with van der Waals surface area (Å²) in [6, 6.07) is 14.1. The van der Waals surface area contributed by atoms with E-state index in [9.17, 15) is 14.4 Å². The van der Waals surface area contributed by atoms with E-state index in [4.69, 9.17) is 0 Å². The molecule has 0 saturated carbocycles. The molecule has 30 heavy (non-hydrogen) atoms. The number of nitrogens with one attached hydrogen (secondary N) is 3. The van der Waals surface area contributed by atoms with Gasteiger partial charge in [-0.15, -0.1) is 0 Å². The zero-order valence-corrected chi connectivity index (χ0v) is 17.8. The van der Waals surface area contributed by atoms with Crippen LogP contribution < -0.4 is 16.0 Å². The van der Waals surface area contributed by atoms with E-state index in [1.165, 1.54) is 0 Å². The minimum Gasteiger partial charge on any atom is -0.376 e. The Morgan fingerprint density at radius 1 is 0.733 bits per heavy atom. The summed E-state index contributed by atoms with van der Waals surface area (Å²) in [5.74, 6) is -0.227. The van der Waals surface area contributed by atoms with Crippen molar-refractivity contribution in [2.75, 3.05) is 35.6 Å². The largest absolute Gasteiger partial charge is 0.376 e. The molecular weight excluding hydrogens is 380 g/mol. The van der Waals surface area contributed by atoms with Crippen LogP contribution in [0.15, 0.2) is 48.5 Å². The lowest BCUT2D eigenvalue weighted by atomic mass is 10.1. The van der Waals surface area contributed by atoms with Crippen molar-refractivity contribution in [1.82, 2.24) is 4.90 Å². The highest BCUT2D eigenvalue weighted by atomic mass is 16.2. The molecule has 7 nitrogen and oxygen atoms in total. The molecular formula is C23H30N4O3. The number of carbonyl (C=O) groups is 3. The van der Waals surface area contributed by atoms with Gasteiger partial charge in [-0.1, -0.05) is 6.92 Å². The second kappa shape index (κ2) is 11.6. The highest BCUT2D eigenvalue weighted by Crippen LogP contribution is 2.15. The van der Waals surface area contributed by atoms with E-state index in [2.05, 4.69) is 16.0 Å². The van der Waals surface area contributed by atoms with Crippen LogP contribution in [0.1, 0.15) is 44.0 Å². The molecule has 0 aliphatic carbocycles. The average Bonchev–Trinajstić information content (AvgIpc) is 2.75. The van der Waals surface area contributed by atoms with E-state index < -0.39 is 0 Å². The van der Waals surface area contributed by atoms with Crippen molar-refractivity contribution in [1.29, 1.82) is 0 Å². The molecule has 0 unspecified atom stereocenters. The summed E-state index contributed by atoms with van der Waals surface area (Å²) in [5.41, 5.74) is 2.73. The first-order chi connectivity index (χ1) is 14.5. The molecule has 3 amide bonds. The minimum absolute atomic E-state index is 0.0117. The monoisotopic (exact) mass is 410 g/mol. The van der Waals surface area contributed by atoms with E-state index in [-0.39, 0.29) is 24.3 Å². The lowest BCUT2D eigenvalue weighted by molar-refractivity contribution is -0.116. The van der Waals surface area contributed by atoms with Gasteiger partial charge in [0.25, 0.3) is 5.91 Å². The molecule has 160 valence electrons. The minimum atomic E-state index is -0.196. The maximum Gasteiger partial charge on any atom is 0.253 e. The number of anilines is 3. The van der Waals surface area contributed by atoms with Gasteiger partial charge in [0.05, 0.1) is 6.54 Å². The number of benzene rings is 2. The van der Waals surface area contributed by atoms with Crippen molar-refractivity contribution in [3.8, 4) is 0 Å². The predicted molar refractivity (Wildman–Crippen MR) is 121 cm³/mol. The van der Waals surface area contributed by atoms with Gasteiger partial charge in [-0.25, -0.2) is 0 Å². The zero-order valence-electron chi connectivity index (χ0n) is 17.8. The van der Waals surface area contributed by atoms with Crippen LogP contribution in [0.4, 0.5) is 17.1 Å². The molecule has 0 radical (unpaired) electrons. The van der Waals surface area contributed by atoms with Crippen molar-refractivity contribution in [2.24, 2.45) is 0 Å². The summed E-state index contributed by atoms with van der Waals surface area (Å²) in [6.45, 7) is 7.26. The van der Waals surface area contributed by atoms with Crippen LogP contribution in [-0.4, -0.2) is 42.3 Å². The first kappa shape index (κ1) is 22.9. The Kier molecular flexibility index (Phi) is 8.87. The highest BCUT2D eigenvalue weighted by molar-refractivity contribution is 5.96. The van der Waals surface area contributed by atoms with Crippen LogP contribution in [0.2, 0.25) is 0 Å². The van der Waals surface area contributed by atoms with Crippen LogP contribution in [0.5, 0.6) is 0 Å². The Balaban J connectivity index is 1.83. The first-order valence-electron chi connectivity index (χ1n) is 10.3. The predicted octanol–water partition coefficient (Wildman–Crippen LogP) is 3.96. The van der Waals surface area contributed by atoms with Gasteiger partial charge in [0.1, 0.15) is 0 Å². The number of amides is 3. The Morgan fingerprint density at radius 3 is 1.77 bits per heavy atom. The summed E-state index contributed by atoms with van der Waals surface area (Å²) in [4.78, 5) is 37.9. The Hall–Kier alpha value is -3.35. The van der Waals surface area contributed by atoms with E-state index in [1.807, 2.05) is 32.9 Å². The summed E-state index contributed by atoms with van der Waals surface area (Å²) in [5, 5.41) is 8.67. The highest BCUT2D eigenvalue weighted by Gasteiger charge is 2.12. The van der Waals surface area contributed by atoms with Crippen molar-refractivity contribution < 1.29 is 14.4 Å². The molecule has 2 aromatic rings. The maximum atomic E-state index is 12.3. The normalized spacial score (nSPS) is 10.2. The van der Waals surface area contributed by atoms with Crippen LogP contribution in [0.3, 0.4) is 0 Å². The van der Waals surface area contributed by atoms with Crippen molar-refractivity contribution in [2.45, 2.75) is 33.6 Å². The second-order valence-electron chi connectivity index (χ2n) is 6.83. The van der Waals surface area contributed by atoms with Crippen LogP contribution in [0.25, 0.3) is 0 Å². The molecule has 7 heteroatoms. The van der Waals surface area contributed by atoms with Gasteiger partial charge in [-0.05, 0) is 68.8 Å². The number of hydrogen-bond donors (Lipinski definition) is 3. The molecule has 0 saturated heterocycles. The van der Waals surface area contributed by atoms with Gasteiger partial charge in [-0.3, -0.25) is 14.4 Å². The van der Waals surface area contributed by atoms with Crippen molar-refractivity contribution in [3.63, 3.8) is 0 Å². The lowest BCUT2D eigenvalue weighted by Gasteiger charge is -2.18. The molecule has 3 N–H and O–H groups in total. The maximum absolute atomic E-state index is 12.3. The molecule has 0 aromatic heterocycles. The Bertz CT molecular complexity index is 844. The lowest BCUT2D eigenvalue weighted by Crippen LogP contribution is -2.30.